The molecule has 7 heteroatoms. The van der Waals surface area contributed by atoms with Crippen LogP contribution in [0.4, 0.5) is 18.9 Å². The smallest absolute Gasteiger partial charge is 0.326 e. The molecule has 0 saturated heterocycles. The second-order valence-electron chi connectivity index (χ2n) is 6.94. The molecule has 1 aliphatic carbocycles. The van der Waals surface area contributed by atoms with E-state index in [0.717, 1.165) is 34.7 Å². The van der Waals surface area contributed by atoms with E-state index >= 15 is 0 Å². The van der Waals surface area contributed by atoms with Gasteiger partial charge in [0.05, 0.1) is 11.3 Å². The number of fused-ring (bicyclic) bond motifs is 3. The Morgan fingerprint density at radius 1 is 1.22 bits per heavy atom. The molecule has 0 fully saturated rings. The molecule has 1 unspecified atom stereocenters. The number of hydrogen-bond acceptors (Lipinski definition) is 2. The first kappa shape index (κ1) is 17.6. The first-order chi connectivity index (χ1) is 12.8. The van der Waals surface area contributed by atoms with E-state index in [1.807, 2.05) is 29.7 Å². The summed E-state index contributed by atoms with van der Waals surface area (Å²) in [6.45, 7) is 2.01. The Morgan fingerprint density at radius 3 is 2.67 bits per heavy atom. The molecule has 27 heavy (non-hydrogen) atoms. The molecule has 140 valence electrons. The lowest BCUT2D eigenvalue weighted by Gasteiger charge is -2.21. The van der Waals surface area contributed by atoms with E-state index in [4.69, 9.17) is 0 Å². The lowest BCUT2D eigenvalue weighted by molar-refractivity contribution is -0.137. The molecule has 4 nitrogen and oxygen atoms in total. The fourth-order valence-electron chi connectivity index (χ4n) is 3.52. The molecular formula is C20H18F3N3O. The predicted molar refractivity (Wildman–Crippen MR) is 95.5 cm³/mol. The van der Waals surface area contributed by atoms with Crippen molar-refractivity contribution in [2.75, 3.05) is 5.32 Å². The van der Waals surface area contributed by atoms with Crippen LogP contribution in [-0.2, 0) is 23.8 Å². The number of carbonyl (C=O) groups excluding carboxylic acids is 1. The van der Waals surface area contributed by atoms with Gasteiger partial charge in [0, 0.05) is 29.9 Å². The van der Waals surface area contributed by atoms with Gasteiger partial charge in [0.15, 0.2) is 0 Å². The van der Waals surface area contributed by atoms with E-state index in [2.05, 4.69) is 10.3 Å². The summed E-state index contributed by atoms with van der Waals surface area (Å²) in [5.41, 5.74) is 3.68. The van der Waals surface area contributed by atoms with Crippen LogP contribution >= 0.6 is 0 Å². The van der Waals surface area contributed by atoms with E-state index in [1.54, 1.807) is 0 Å². The molecule has 1 aromatic carbocycles. The molecule has 3 aromatic rings. The number of carbonyl (C=O) groups is 1. The highest BCUT2D eigenvalue weighted by atomic mass is 19.4. The minimum Gasteiger partial charge on any atom is -0.326 e. The number of benzene rings is 1. The van der Waals surface area contributed by atoms with Gasteiger partial charge in [-0.05, 0) is 61.7 Å². The van der Waals surface area contributed by atoms with E-state index in [0.29, 0.717) is 24.9 Å². The second kappa shape index (κ2) is 6.40. The van der Waals surface area contributed by atoms with E-state index in [-0.39, 0.29) is 11.8 Å². The molecule has 1 atom stereocenters. The number of halogens is 3. The van der Waals surface area contributed by atoms with Crippen LogP contribution in [0.25, 0.3) is 5.65 Å². The van der Waals surface area contributed by atoms with Crippen LogP contribution in [-0.4, -0.2) is 15.3 Å². The summed E-state index contributed by atoms with van der Waals surface area (Å²) in [6.07, 6.45) is -0.480. The summed E-state index contributed by atoms with van der Waals surface area (Å²) >= 11 is 0. The Hall–Kier alpha value is -2.83. The van der Waals surface area contributed by atoms with Gasteiger partial charge in [-0.2, -0.15) is 13.2 Å². The maximum atomic E-state index is 12.6. The Labute approximate surface area is 154 Å². The summed E-state index contributed by atoms with van der Waals surface area (Å²) in [5, 5.41) is 2.73. The largest absolute Gasteiger partial charge is 0.416 e. The minimum absolute atomic E-state index is 0.178. The molecule has 0 saturated carbocycles. The number of alkyl halides is 3. The zero-order valence-electron chi connectivity index (χ0n) is 14.7. The van der Waals surface area contributed by atoms with Crippen molar-refractivity contribution in [3.8, 4) is 0 Å². The summed E-state index contributed by atoms with van der Waals surface area (Å²) in [7, 11) is 0. The number of rotatable bonds is 2. The summed E-state index contributed by atoms with van der Waals surface area (Å²) in [6, 6.07) is 8.52. The number of hydrogen-bond donors (Lipinski definition) is 1. The van der Waals surface area contributed by atoms with Gasteiger partial charge in [-0.3, -0.25) is 4.79 Å². The molecule has 1 N–H and O–H groups in total. The van der Waals surface area contributed by atoms with Crippen molar-refractivity contribution in [3.63, 3.8) is 0 Å². The molecule has 4 rings (SSSR count). The van der Waals surface area contributed by atoms with Gasteiger partial charge in [-0.1, -0.05) is 0 Å². The number of pyridine rings is 1. The molecule has 0 bridgehead atoms. The SMILES string of the molecule is Cc1ccn2c3c(nc2c1)CCC(C(=O)Nc1ccc(C(F)(F)F)cc1)C3. The maximum Gasteiger partial charge on any atom is 0.416 e. The van der Waals surface area contributed by atoms with Crippen molar-refractivity contribution in [2.45, 2.75) is 32.4 Å². The van der Waals surface area contributed by atoms with Crippen molar-refractivity contribution in [1.82, 2.24) is 9.38 Å². The molecule has 2 aromatic heterocycles. The van der Waals surface area contributed by atoms with Gasteiger partial charge < -0.3 is 9.72 Å². The predicted octanol–water partition coefficient (Wildman–Crippen LogP) is 4.41. The van der Waals surface area contributed by atoms with Crippen molar-refractivity contribution in [1.29, 1.82) is 0 Å². The van der Waals surface area contributed by atoms with Crippen molar-refractivity contribution >= 4 is 17.2 Å². The fourth-order valence-corrected chi connectivity index (χ4v) is 3.52. The molecular weight excluding hydrogens is 355 g/mol. The van der Waals surface area contributed by atoms with Gasteiger partial charge in [-0.25, -0.2) is 4.98 Å². The number of nitrogens with one attached hydrogen (secondary N) is 1. The minimum atomic E-state index is -4.39. The second-order valence-corrected chi connectivity index (χ2v) is 6.94. The Kier molecular flexibility index (Phi) is 4.17. The van der Waals surface area contributed by atoms with E-state index in [9.17, 15) is 18.0 Å². The third kappa shape index (κ3) is 3.41. The highest BCUT2D eigenvalue weighted by Crippen LogP contribution is 2.31. The first-order valence-electron chi connectivity index (χ1n) is 8.76. The number of imidazole rings is 1. The normalized spacial score (nSPS) is 17.0. The van der Waals surface area contributed by atoms with Gasteiger partial charge >= 0.3 is 6.18 Å². The topological polar surface area (TPSA) is 46.4 Å². The number of nitrogens with zero attached hydrogens (tertiary/aromatic N) is 2. The maximum absolute atomic E-state index is 12.6. The average molecular weight is 373 g/mol. The van der Waals surface area contributed by atoms with Crippen molar-refractivity contribution in [3.05, 3.63) is 65.1 Å². The first-order valence-corrected chi connectivity index (χ1v) is 8.76. The highest BCUT2D eigenvalue weighted by Gasteiger charge is 2.31. The van der Waals surface area contributed by atoms with E-state index < -0.39 is 11.7 Å². The number of amides is 1. The van der Waals surface area contributed by atoms with Gasteiger partial charge in [-0.15, -0.1) is 0 Å². The molecule has 0 spiro atoms. The average Bonchev–Trinajstić information content (AvgIpc) is 2.97. The third-order valence-electron chi connectivity index (χ3n) is 4.98. The Bertz CT molecular complexity index is 1010. The number of aryl methyl sites for hydroxylation is 2. The van der Waals surface area contributed by atoms with Crippen LogP contribution in [0.3, 0.4) is 0 Å². The van der Waals surface area contributed by atoms with Crippen LogP contribution in [0.2, 0.25) is 0 Å². The van der Waals surface area contributed by atoms with Crippen LogP contribution in [0.1, 0.15) is 28.9 Å². The quantitative estimate of drug-likeness (QED) is 0.724. The lowest BCUT2D eigenvalue weighted by Crippen LogP contribution is -2.28. The molecule has 1 aliphatic rings. The van der Waals surface area contributed by atoms with Crippen LogP contribution in [0.5, 0.6) is 0 Å². The molecule has 1 amide bonds. The zero-order valence-corrected chi connectivity index (χ0v) is 14.7. The number of aromatic nitrogens is 2. The molecule has 0 radical (unpaired) electrons. The third-order valence-corrected chi connectivity index (χ3v) is 4.98. The lowest BCUT2D eigenvalue weighted by atomic mass is 9.89. The van der Waals surface area contributed by atoms with Gasteiger partial charge in [0.2, 0.25) is 5.91 Å². The van der Waals surface area contributed by atoms with Crippen LogP contribution < -0.4 is 5.32 Å². The Morgan fingerprint density at radius 2 is 1.96 bits per heavy atom. The summed E-state index contributed by atoms with van der Waals surface area (Å²) in [5.74, 6) is -0.413. The highest BCUT2D eigenvalue weighted by molar-refractivity contribution is 5.92. The summed E-state index contributed by atoms with van der Waals surface area (Å²) < 4.78 is 39.9. The monoisotopic (exact) mass is 373 g/mol. The zero-order chi connectivity index (χ0) is 19.2. The standard InChI is InChI=1S/C20H18F3N3O/c1-12-8-9-26-17-11-13(2-7-16(17)25-18(26)10-12)19(27)24-15-5-3-14(4-6-15)20(21,22)23/h3-6,8-10,13H,2,7,11H2,1H3,(H,24,27). The van der Waals surface area contributed by atoms with Crippen LogP contribution in [0, 0.1) is 12.8 Å². The molecule has 0 aliphatic heterocycles. The molecule has 2 heterocycles. The Balaban J connectivity index is 1.50. The van der Waals surface area contributed by atoms with Gasteiger partial charge in [0.1, 0.15) is 5.65 Å². The van der Waals surface area contributed by atoms with E-state index in [1.165, 1.54) is 12.1 Å². The number of anilines is 1. The van der Waals surface area contributed by atoms with Crippen molar-refractivity contribution in [2.24, 2.45) is 5.92 Å². The summed E-state index contributed by atoms with van der Waals surface area (Å²) in [4.78, 5) is 17.3. The van der Waals surface area contributed by atoms with Crippen molar-refractivity contribution < 1.29 is 18.0 Å². The van der Waals surface area contributed by atoms with Crippen LogP contribution in [0.15, 0.2) is 42.6 Å². The fraction of sp³-hybridized carbons (Fsp3) is 0.300. The van der Waals surface area contributed by atoms with Gasteiger partial charge in [0.25, 0.3) is 0 Å².